The maximum Gasteiger partial charge on any atom is 0.127 e. The lowest BCUT2D eigenvalue weighted by Gasteiger charge is -2.17. The van der Waals surface area contributed by atoms with Gasteiger partial charge in [0.25, 0.3) is 0 Å². The van der Waals surface area contributed by atoms with Gasteiger partial charge in [-0.25, -0.2) is 0 Å². The number of hydrogen-bond acceptors (Lipinski definition) is 4. The molecule has 1 aromatic rings. The highest BCUT2D eigenvalue weighted by Crippen LogP contribution is 2.30. The van der Waals surface area contributed by atoms with Crippen LogP contribution in [0.3, 0.4) is 0 Å². The van der Waals surface area contributed by atoms with E-state index in [4.69, 9.17) is 20.9 Å². The minimum Gasteiger partial charge on any atom is -0.497 e. The molecule has 1 rings (SSSR count). The summed E-state index contributed by atoms with van der Waals surface area (Å²) in [6.07, 6.45) is 1.75. The first kappa shape index (κ1) is 13.8. The lowest BCUT2D eigenvalue weighted by atomic mass is 10.00. The van der Waals surface area contributed by atoms with Crippen molar-refractivity contribution >= 4 is 0 Å². The standard InChI is InChI=1S/C13H22N2O2/c1-9(14)4-7-12(15)11-6-5-10(16-2)8-13(11)17-3/h5-6,8-9,12H,4,7,14-15H2,1-3H3. The van der Waals surface area contributed by atoms with E-state index in [0.717, 1.165) is 29.9 Å². The molecule has 4 N–H and O–H groups in total. The minimum absolute atomic E-state index is 0.0538. The average molecular weight is 238 g/mol. The van der Waals surface area contributed by atoms with Crippen LogP contribution in [0.15, 0.2) is 18.2 Å². The molecule has 0 saturated carbocycles. The van der Waals surface area contributed by atoms with Gasteiger partial charge in [0.1, 0.15) is 11.5 Å². The van der Waals surface area contributed by atoms with Crippen molar-refractivity contribution in [1.29, 1.82) is 0 Å². The third-order valence-corrected chi connectivity index (χ3v) is 2.77. The van der Waals surface area contributed by atoms with E-state index >= 15 is 0 Å². The van der Waals surface area contributed by atoms with E-state index in [1.807, 2.05) is 25.1 Å². The van der Waals surface area contributed by atoms with Gasteiger partial charge in [-0.15, -0.1) is 0 Å². The highest BCUT2D eigenvalue weighted by atomic mass is 16.5. The first-order valence-corrected chi connectivity index (χ1v) is 5.81. The fraction of sp³-hybridized carbons (Fsp3) is 0.538. The molecule has 0 aliphatic rings. The summed E-state index contributed by atoms with van der Waals surface area (Å²) in [5, 5.41) is 0. The largest absolute Gasteiger partial charge is 0.497 e. The van der Waals surface area contributed by atoms with E-state index in [-0.39, 0.29) is 12.1 Å². The van der Waals surface area contributed by atoms with Gasteiger partial charge in [0.2, 0.25) is 0 Å². The zero-order valence-electron chi connectivity index (χ0n) is 10.8. The Bertz CT molecular complexity index is 353. The van der Waals surface area contributed by atoms with Crippen LogP contribution in [0, 0.1) is 0 Å². The summed E-state index contributed by atoms with van der Waals surface area (Å²) in [7, 11) is 3.26. The van der Waals surface area contributed by atoms with Gasteiger partial charge in [0.05, 0.1) is 14.2 Å². The lowest BCUT2D eigenvalue weighted by molar-refractivity contribution is 0.386. The summed E-state index contributed by atoms with van der Waals surface area (Å²) in [6, 6.07) is 5.81. The molecule has 0 aliphatic heterocycles. The topological polar surface area (TPSA) is 70.5 Å². The number of rotatable bonds is 6. The van der Waals surface area contributed by atoms with Crippen LogP contribution in [-0.2, 0) is 0 Å². The maximum absolute atomic E-state index is 6.13. The normalized spacial score (nSPS) is 14.2. The molecule has 0 bridgehead atoms. The molecule has 0 saturated heterocycles. The smallest absolute Gasteiger partial charge is 0.127 e. The van der Waals surface area contributed by atoms with Crippen LogP contribution in [-0.4, -0.2) is 20.3 Å². The molecule has 0 aromatic heterocycles. The summed E-state index contributed by atoms with van der Waals surface area (Å²) in [5.74, 6) is 1.53. The second kappa shape index (κ2) is 6.47. The fourth-order valence-electron chi connectivity index (χ4n) is 1.72. The van der Waals surface area contributed by atoms with Crippen molar-refractivity contribution < 1.29 is 9.47 Å². The number of benzene rings is 1. The molecule has 0 heterocycles. The predicted octanol–water partition coefficient (Wildman–Crippen LogP) is 1.83. The molecule has 0 spiro atoms. The van der Waals surface area contributed by atoms with Crippen molar-refractivity contribution in [3.8, 4) is 11.5 Å². The molecule has 0 radical (unpaired) electrons. The van der Waals surface area contributed by atoms with E-state index in [2.05, 4.69) is 0 Å². The van der Waals surface area contributed by atoms with Crippen molar-refractivity contribution in [2.75, 3.05) is 14.2 Å². The van der Waals surface area contributed by atoms with Crippen molar-refractivity contribution in [1.82, 2.24) is 0 Å². The monoisotopic (exact) mass is 238 g/mol. The number of ether oxygens (including phenoxy) is 2. The maximum atomic E-state index is 6.13. The Labute approximate surface area is 103 Å². The van der Waals surface area contributed by atoms with Crippen LogP contribution in [0.5, 0.6) is 11.5 Å². The van der Waals surface area contributed by atoms with Gasteiger partial charge in [-0.1, -0.05) is 6.07 Å². The van der Waals surface area contributed by atoms with E-state index in [1.54, 1.807) is 14.2 Å². The molecule has 1 aromatic carbocycles. The molecule has 0 aliphatic carbocycles. The van der Waals surface area contributed by atoms with E-state index in [9.17, 15) is 0 Å². The van der Waals surface area contributed by atoms with Gasteiger partial charge in [-0.2, -0.15) is 0 Å². The molecule has 0 fully saturated rings. The Kier molecular flexibility index (Phi) is 5.25. The minimum atomic E-state index is -0.0538. The van der Waals surface area contributed by atoms with E-state index < -0.39 is 0 Å². The van der Waals surface area contributed by atoms with Crippen molar-refractivity contribution in [2.45, 2.75) is 31.8 Å². The number of nitrogens with two attached hydrogens (primary N) is 2. The molecular weight excluding hydrogens is 216 g/mol. The van der Waals surface area contributed by atoms with E-state index in [0.29, 0.717) is 0 Å². The summed E-state index contributed by atoms with van der Waals surface area (Å²) < 4.78 is 10.5. The second-order valence-corrected chi connectivity index (χ2v) is 4.27. The SMILES string of the molecule is COc1ccc(C(N)CCC(C)N)c(OC)c1. The second-order valence-electron chi connectivity index (χ2n) is 4.27. The first-order valence-electron chi connectivity index (χ1n) is 5.81. The molecule has 4 heteroatoms. The third kappa shape index (κ3) is 3.91. The van der Waals surface area contributed by atoms with Crippen LogP contribution in [0.4, 0.5) is 0 Å². The molecule has 4 nitrogen and oxygen atoms in total. The zero-order valence-corrected chi connectivity index (χ0v) is 10.8. The number of hydrogen-bond donors (Lipinski definition) is 2. The average Bonchev–Trinajstić information content (AvgIpc) is 2.34. The highest BCUT2D eigenvalue weighted by Gasteiger charge is 2.13. The van der Waals surface area contributed by atoms with E-state index in [1.165, 1.54) is 0 Å². The van der Waals surface area contributed by atoms with Gasteiger partial charge >= 0.3 is 0 Å². The Morgan fingerprint density at radius 3 is 2.35 bits per heavy atom. The molecule has 17 heavy (non-hydrogen) atoms. The van der Waals surface area contributed by atoms with Gasteiger partial charge in [0, 0.05) is 23.7 Å². The Balaban J connectivity index is 2.81. The first-order chi connectivity index (χ1) is 8.08. The molecule has 2 unspecified atom stereocenters. The van der Waals surface area contributed by atoms with Gasteiger partial charge in [-0.3, -0.25) is 0 Å². The molecule has 2 atom stereocenters. The van der Waals surface area contributed by atoms with Crippen LogP contribution in [0.25, 0.3) is 0 Å². The van der Waals surface area contributed by atoms with Crippen LogP contribution < -0.4 is 20.9 Å². The molecular formula is C13H22N2O2. The van der Waals surface area contributed by atoms with Crippen molar-refractivity contribution in [3.63, 3.8) is 0 Å². The number of methoxy groups -OCH3 is 2. The third-order valence-electron chi connectivity index (χ3n) is 2.77. The quantitative estimate of drug-likeness (QED) is 0.793. The summed E-state index contributed by atoms with van der Waals surface area (Å²) in [6.45, 7) is 1.98. The van der Waals surface area contributed by atoms with Gasteiger partial charge in [0.15, 0.2) is 0 Å². The predicted molar refractivity (Wildman–Crippen MR) is 69.4 cm³/mol. The highest BCUT2D eigenvalue weighted by molar-refractivity contribution is 5.42. The van der Waals surface area contributed by atoms with Gasteiger partial charge < -0.3 is 20.9 Å². The summed E-state index contributed by atoms with van der Waals surface area (Å²) in [4.78, 5) is 0. The summed E-state index contributed by atoms with van der Waals surface area (Å²) in [5.41, 5.74) is 12.9. The van der Waals surface area contributed by atoms with Crippen LogP contribution in [0.2, 0.25) is 0 Å². The van der Waals surface area contributed by atoms with Crippen molar-refractivity contribution in [2.24, 2.45) is 11.5 Å². The molecule has 0 amide bonds. The molecule has 96 valence electrons. The van der Waals surface area contributed by atoms with Crippen molar-refractivity contribution in [3.05, 3.63) is 23.8 Å². The van der Waals surface area contributed by atoms with Crippen LogP contribution >= 0.6 is 0 Å². The Morgan fingerprint density at radius 1 is 1.12 bits per heavy atom. The van der Waals surface area contributed by atoms with Crippen LogP contribution in [0.1, 0.15) is 31.4 Å². The summed E-state index contributed by atoms with van der Waals surface area (Å²) >= 11 is 0. The Morgan fingerprint density at radius 2 is 1.82 bits per heavy atom. The zero-order chi connectivity index (χ0) is 12.8. The fourth-order valence-corrected chi connectivity index (χ4v) is 1.72. The van der Waals surface area contributed by atoms with Gasteiger partial charge in [-0.05, 0) is 25.8 Å². The lowest BCUT2D eigenvalue weighted by Crippen LogP contribution is -2.19. The Hall–Kier alpha value is -1.26.